The zero-order valence-corrected chi connectivity index (χ0v) is 11.9. The number of benzene rings is 1. The molecule has 1 aromatic rings. The molecule has 17 heavy (non-hydrogen) atoms. The van der Waals surface area contributed by atoms with Crippen molar-refractivity contribution < 1.29 is 0 Å². The zero-order valence-electron chi connectivity index (χ0n) is 11.2. The molecule has 0 saturated carbocycles. The van der Waals surface area contributed by atoms with Gasteiger partial charge in [0.25, 0.3) is 0 Å². The van der Waals surface area contributed by atoms with Crippen molar-refractivity contribution in [2.75, 3.05) is 13.1 Å². The van der Waals surface area contributed by atoms with Gasteiger partial charge in [0.1, 0.15) is 0 Å². The van der Waals surface area contributed by atoms with E-state index in [9.17, 15) is 0 Å². The maximum atomic E-state index is 5.89. The first-order valence-electron chi connectivity index (χ1n) is 6.57. The second-order valence-corrected chi connectivity index (χ2v) is 5.59. The molecule has 0 aromatic heterocycles. The molecule has 0 aliphatic heterocycles. The molecule has 0 saturated heterocycles. The first kappa shape index (κ1) is 14.5. The summed E-state index contributed by atoms with van der Waals surface area (Å²) in [5.41, 5.74) is 1.38. The number of nitrogens with one attached hydrogen (secondary N) is 1. The van der Waals surface area contributed by atoms with E-state index in [2.05, 4.69) is 38.2 Å². The lowest BCUT2D eigenvalue weighted by Gasteiger charge is -2.17. The molecule has 0 aliphatic rings. The van der Waals surface area contributed by atoms with Gasteiger partial charge in [-0.2, -0.15) is 0 Å². The maximum Gasteiger partial charge on any atom is 0.0406 e. The van der Waals surface area contributed by atoms with Crippen molar-refractivity contribution in [1.82, 2.24) is 5.32 Å². The van der Waals surface area contributed by atoms with Crippen LogP contribution in [0, 0.1) is 11.8 Å². The van der Waals surface area contributed by atoms with Gasteiger partial charge in [0.05, 0.1) is 0 Å². The van der Waals surface area contributed by atoms with Crippen LogP contribution in [0.4, 0.5) is 0 Å². The SMILES string of the molecule is CCC(CNCC(C)C)Cc1ccc(Cl)cc1. The highest BCUT2D eigenvalue weighted by molar-refractivity contribution is 6.30. The van der Waals surface area contributed by atoms with Crippen LogP contribution in [0.5, 0.6) is 0 Å². The van der Waals surface area contributed by atoms with E-state index in [0.29, 0.717) is 0 Å². The Kier molecular flexibility index (Phi) is 6.61. The van der Waals surface area contributed by atoms with E-state index >= 15 is 0 Å². The topological polar surface area (TPSA) is 12.0 Å². The van der Waals surface area contributed by atoms with Crippen molar-refractivity contribution in [3.63, 3.8) is 0 Å². The highest BCUT2D eigenvalue weighted by atomic mass is 35.5. The molecule has 2 heteroatoms. The standard InChI is InChI=1S/C15H24ClN/c1-4-13(11-17-10-12(2)3)9-14-5-7-15(16)8-6-14/h5-8,12-13,17H,4,9-11H2,1-3H3. The Hall–Kier alpha value is -0.530. The minimum absolute atomic E-state index is 0.718. The number of halogens is 1. The number of hydrogen-bond acceptors (Lipinski definition) is 1. The van der Waals surface area contributed by atoms with Gasteiger partial charge in [0.2, 0.25) is 0 Å². The molecule has 1 unspecified atom stereocenters. The van der Waals surface area contributed by atoms with Gasteiger partial charge in [0.15, 0.2) is 0 Å². The fourth-order valence-electron chi connectivity index (χ4n) is 1.89. The summed E-state index contributed by atoms with van der Waals surface area (Å²) < 4.78 is 0. The van der Waals surface area contributed by atoms with E-state index in [-0.39, 0.29) is 0 Å². The molecule has 0 spiro atoms. The summed E-state index contributed by atoms with van der Waals surface area (Å²) in [5, 5.41) is 4.36. The quantitative estimate of drug-likeness (QED) is 0.770. The third-order valence-corrected chi connectivity index (χ3v) is 3.25. The van der Waals surface area contributed by atoms with Gasteiger partial charge < -0.3 is 5.32 Å². The summed E-state index contributed by atoms with van der Waals surface area (Å²) >= 11 is 5.89. The summed E-state index contributed by atoms with van der Waals surface area (Å²) in [6.45, 7) is 8.96. The predicted molar refractivity (Wildman–Crippen MR) is 76.6 cm³/mol. The molecule has 1 aromatic carbocycles. The molecule has 1 atom stereocenters. The van der Waals surface area contributed by atoms with E-state index in [1.165, 1.54) is 12.0 Å². The van der Waals surface area contributed by atoms with Crippen LogP contribution in [0.1, 0.15) is 32.8 Å². The summed E-state index contributed by atoms with van der Waals surface area (Å²) in [4.78, 5) is 0. The highest BCUT2D eigenvalue weighted by Crippen LogP contribution is 2.15. The Morgan fingerprint density at radius 1 is 1.12 bits per heavy atom. The maximum absolute atomic E-state index is 5.89. The van der Waals surface area contributed by atoms with E-state index in [0.717, 1.165) is 36.4 Å². The van der Waals surface area contributed by atoms with Gasteiger partial charge in [0, 0.05) is 5.02 Å². The molecule has 0 aliphatic carbocycles. The van der Waals surface area contributed by atoms with E-state index < -0.39 is 0 Å². The van der Waals surface area contributed by atoms with Crippen molar-refractivity contribution >= 4 is 11.6 Å². The van der Waals surface area contributed by atoms with Gasteiger partial charge in [-0.1, -0.05) is 50.9 Å². The van der Waals surface area contributed by atoms with Crippen molar-refractivity contribution in [2.45, 2.75) is 33.6 Å². The molecular weight excluding hydrogens is 230 g/mol. The highest BCUT2D eigenvalue weighted by Gasteiger charge is 2.07. The van der Waals surface area contributed by atoms with Crippen molar-refractivity contribution in [2.24, 2.45) is 11.8 Å². The van der Waals surface area contributed by atoms with Crippen molar-refractivity contribution in [1.29, 1.82) is 0 Å². The predicted octanol–water partition coefficient (Wildman–Crippen LogP) is 4.15. The smallest absolute Gasteiger partial charge is 0.0406 e. The number of hydrogen-bond donors (Lipinski definition) is 1. The van der Waals surface area contributed by atoms with Crippen molar-refractivity contribution in [3.8, 4) is 0 Å². The largest absolute Gasteiger partial charge is 0.316 e. The third kappa shape index (κ3) is 6.09. The van der Waals surface area contributed by atoms with Crippen LogP contribution in [-0.4, -0.2) is 13.1 Å². The Bertz CT molecular complexity index is 305. The van der Waals surface area contributed by atoms with Gasteiger partial charge >= 0.3 is 0 Å². The molecule has 1 rings (SSSR count). The molecule has 0 fully saturated rings. The normalized spacial score (nSPS) is 13.0. The van der Waals surface area contributed by atoms with Crippen LogP contribution in [0.15, 0.2) is 24.3 Å². The molecule has 96 valence electrons. The van der Waals surface area contributed by atoms with Crippen LogP contribution < -0.4 is 5.32 Å². The Morgan fingerprint density at radius 2 is 1.76 bits per heavy atom. The molecule has 1 N–H and O–H groups in total. The van der Waals surface area contributed by atoms with Crippen LogP contribution in [0.2, 0.25) is 5.02 Å². The number of rotatable bonds is 7. The van der Waals surface area contributed by atoms with E-state index in [1.807, 2.05) is 12.1 Å². The van der Waals surface area contributed by atoms with E-state index in [4.69, 9.17) is 11.6 Å². The molecular formula is C15H24ClN. The van der Waals surface area contributed by atoms with Gasteiger partial charge in [-0.15, -0.1) is 0 Å². The first-order valence-corrected chi connectivity index (χ1v) is 6.94. The van der Waals surface area contributed by atoms with E-state index in [1.54, 1.807) is 0 Å². The molecule has 0 amide bonds. The Balaban J connectivity index is 2.38. The fourth-order valence-corrected chi connectivity index (χ4v) is 2.02. The van der Waals surface area contributed by atoms with Crippen LogP contribution >= 0.6 is 11.6 Å². The van der Waals surface area contributed by atoms with Crippen LogP contribution in [0.25, 0.3) is 0 Å². The van der Waals surface area contributed by atoms with Gasteiger partial charge in [-0.25, -0.2) is 0 Å². The molecule has 0 heterocycles. The van der Waals surface area contributed by atoms with Gasteiger partial charge in [-0.3, -0.25) is 0 Å². The van der Waals surface area contributed by atoms with Crippen LogP contribution in [0.3, 0.4) is 0 Å². The lowest BCUT2D eigenvalue weighted by Crippen LogP contribution is -2.27. The molecule has 1 nitrogen and oxygen atoms in total. The summed E-state index contributed by atoms with van der Waals surface area (Å²) in [6, 6.07) is 8.22. The summed E-state index contributed by atoms with van der Waals surface area (Å²) in [7, 11) is 0. The lowest BCUT2D eigenvalue weighted by atomic mass is 9.97. The van der Waals surface area contributed by atoms with Crippen molar-refractivity contribution in [3.05, 3.63) is 34.9 Å². The average molecular weight is 254 g/mol. The minimum Gasteiger partial charge on any atom is -0.316 e. The molecule has 0 bridgehead atoms. The fraction of sp³-hybridized carbons (Fsp3) is 0.600. The average Bonchev–Trinajstić information content (AvgIpc) is 2.30. The van der Waals surface area contributed by atoms with Crippen LogP contribution in [-0.2, 0) is 6.42 Å². The summed E-state index contributed by atoms with van der Waals surface area (Å²) in [5.74, 6) is 1.44. The van der Waals surface area contributed by atoms with Gasteiger partial charge in [-0.05, 0) is 49.0 Å². The summed E-state index contributed by atoms with van der Waals surface area (Å²) in [6.07, 6.45) is 2.35. The zero-order chi connectivity index (χ0) is 12.7. The lowest BCUT2D eigenvalue weighted by molar-refractivity contribution is 0.437. The minimum atomic E-state index is 0.718. The second kappa shape index (κ2) is 7.73. The first-order chi connectivity index (χ1) is 8.11. The monoisotopic (exact) mass is 253 g/mol. The Labute approximate surface area is 111 Å². The molecule has 0 radical (unpaired) electrons. The second-order valence-electron chi connectivity index (χ2n) is 5.16. The Morgan fingerprint density at radius 3 is 2.29 bits per heavy atom. The third-order valence-electron chi connectivity index (χ3n) is 3.00.